The highest BCUT2D eigenvalue weighted by molar-refractivity contribution is 6.30. The summed E-state index contributed by atoms with van der Waals surface area (Å²) in [6.45, 7) is 5.91. The van der Waals surface area contributed by atoms with Crippen molar-refractivity contribution in [3.8, 4) is 11.4 Å². The van der Waals surface area contributed by atoms with E-state index in [2.05, 4.69) is 25.6 Å². The number of hydrogen-bond acceptors (Lipinski definition) is 7. The lowest BCUT2D eigenvalue weighted by atomic mass is 10.2. The Kier molecular flexibility index (Phi) is 8.95. The fourth-order valence-corrected chi connectivity index (χ4v) is 3.67. The SMILES string of the molecule is CCC(C(=O)N1CCN(CC(=O)NCCCOC)CC1)n1nnc(-c2ccc(Cl)cc2)n1. The van der Waals surface area contributed by atoms with E-state index in [1.165, 1.54) is 4.80 Å². The highest BCUT2D eigenvalue weighted by Gasteiger charge is 2.30. The molecule has 1 aromatic carbocycles. The molecule has 1 saturated heterocycles. The molecule has 10 nitrogen and oxygen atoms in total. The zero-order valence-corrected chi connectivity index (χ0v) is 19.3. The van der Waals surface area contributed by atoms with E-state index in [4.69, 9.17) is 16.3 Å². The van der Waals surface area contributed by atoms with E-state index >= 15 is 0 Å². The van der Waals surface area contributed by atoms with Crippen molar-refractivity contribution >= 4 is 23.4 Å². The van der Waals surface area contributed by atoms with Crippen LogP contribution in [0.15, 0.2) is 24.3 Å². The predicted molar refractivity (Wildman–Crippen MR) is 120 cm³/mol. The van der Waals surface area contributed by atoms with Crippen LogP contribution in [0.5, 0.6) is 0 Å². The maximum absolute atomic E-state index is 13.1. The van der Waals surface area contributed by atoms with E-state index in [1.807, 2.05) is 24.0 Å². The lowest BCUT2D eigenvalue weighted by molar-refractivity contribution is -0.137. The first-order valence-electron chi connectivity index (χ1n) is 10.8. The maximum atomic E-state index is 13.1. The van der Waals surface area contributed by atoms with Crippen LogP contribution in [0.3, 0.4) is 0 Å². The van der Waals surface area contributed by atoms with Crippen molar-refractivity contribution in [2.45, 2.75) is 25.8 Å². The van der Waals surface area contributed by atoms with Gasteiger partial charge in [-0.1, -0.05) is 18.5 Å². The van der Waals surface area contributed by atoms with E-state index in [0.29, 0.717) is 63.1 Å². The van der Waals surface area contributed by atoms with E-state index < -0.39 is 6.04 Å². The number of carbonyl (C=O) groups is 2. The number of aromatic nitrogens is 4. The van der Waals surface area contributed by atoms with Crippen molar-refractivity contribution in [3.63, 3.8) is 0 Å². The third kappa shape index (κ3) is 6.47. The molecule has 1 fully saturated rings. The zero-order chi connectivity index (χ0) is 22.9. The van der Waals surface area contributed by atoms with Crippen LogP contribution in [0.1, 0.15) is 25.8 Å². The Balaban J connectivity index is 1.51. The van der Waals surface area contributed by atoms with Crippen LogP contribution < -0.4 is 5.32 Å². The lowest BCUT2D eigenvalue weighted by Gasteiger charge is -2.35. The number of carbonyl (C=O) groups excluding carboxylic acids is 2. The van der Waals surface area contributed by atoms with Crippen molar-refractivity contribution in [1.29, 1.82) is 0 Å². The quantitative estimate of drug-likeness (QED) is 0.528. The fourth-order valence-electron chi connectivity index (χ4n) is 3.55. The molecule has 0 spiro atoms. The second kappa shape index (κ2) is 11.9. The summed E-state index contributed by atoms with van der Waals surface area (Å²) in [5.41, 5.74) is 0.789. The molecule has 0 radical (unpaired) electrons. The third-order valence-corrected chi connectivity index (χ3v) is 5.63. The third-order valence-electron chi connectivity index (χ3n) is 5.38. The van der Waals surface area contributed by atoms with Crippen molar-refractivity contribution in [1.82, 2.24) is 35.3 Å². The average molecular weight is 464 g/mol. The van der Waals surface area contributed by atoms with Gasteiger partial charge in [-0.15, -0.1) is 10.2 Å². The van der Waals surface area contributed by atoms with Crippen LogP contribution in [-0.2, 0) is 14.3 Å². The Morgan fingerprint density at radius 1 is 1.19 bits per heavy atom. The molecule has 1 atom stereocenters. The normalized spacial score (nSPS) is 15.5. The number of ether oxygens (including phenoxy) is 1. The molecule has 1 aromatic heterocycles. The van der Waals surface area contributed by atoms with Gasteiger partial charge in [-0.3, -0.25) is 14.5 Å². The minimum absolute atomic E-state index is 0.00569. The number of nitrogens with zero attached hydrogens (tertiary/aromatic N) is 6. The summed E-state index contributed by atoms with van der Waals surface area (Å²) in [6.07, 6.45) is 1.35. The molecular weight excluding hydrogens is 434 g/mol. The first-order chi connectivity index (χ1) is 15.5. The van der Waals surface area contributed by atoms with Crippen molar-refractivity contribution in [2.75, 3.05) is 53.0 Å². The van der Waals surface area contributed by atoms with Gasteiger partial charge in [-0.05, 0) is 42.3 Å². The predicted octanol–water partition coefficient (Wildman–Crippen LogP) is 1.24. The molecule has 2 aromatic rings. The van der Waals surface area contributed by atoms with Gasteiger partial charge in [0.1, 0.15) is 0 Å². The fraction of sp³-hybridized carbons (Fsp3) is 0.571. The van der Waals surface area contributed by atoms with Crippen molar-refractivity contribution in [2.24, 2.45) is 0 Å². The van der Waals surface area contributed by atoms with E-state index in [0.717, 1.165) is 12.0 Å². The summed E-state index contributed by atoms with van der Waals surface area (Å²) >= 11 is 5.93. The molecule has 1 unspecified atom stereocenters. The summed E-state index contributed by atoms with van der Waals surface area (Å²) in [5.74, 6) is 0.416. The largest absolute Gasteiger partial charge is 0.385 e. The number of nitrogens with one attached hydrogen (secondary N) is 1. The minimum Gasteiger partial charge on any atom is -0.385 e. The van der Waals surface area contributed by atoms with Gasteiger partial charge in [0.15, 0.2) is 6.04 Å². The Labute approximate surface area is 192 Å². The summed E-state index contributed by atoms with van der Waals surface area (Å²) in [7, 11) is 1.64. The molecule has 3 rings (SSSR count). The van der Waals surface area contributed by atoms with Gasteiger partial charge in [0.25, 0.3) is 0 Å². The van der Waals surface area contributed by atoms with E-state index in [9.17, 15) is 9.59 Å². The van der Waals surface area contributed by atoms with Gasteiger partial charge in [-0.2, -0.15) is 4.80 Å². The second-order valence-electron chi connectivity index (χ2n) is 7.66. The number of benzene rings is 1. The first kappa shape index (κ1) is 24.1. The number of halogens is 1. The summed E-state index contributed by atoms with van der Waals surface area (Å²) < 4.78 is 4.98. The molecule has 0 aliphatic carbocycles. The van der Waals surface area contributed by atoms with Crippen LogP contribution in [0.4, 0.5) is 0 Å². The number of piperazine rings is 1. The smallest absolute Gasteiger partial charge is 0.249 e. The van der Waals surface area contributed by atoms with Crippen LogP contribution >= 0.6 is 11.6 Å². The molecule has 1 aliphatic heterocycles. The maximum Gasteiger partial charge on any atom is 0.249 e. The minimum atomic E-state index is -0.515. The van der Waals surface area contributed by atoms with Crippen LogP contribution in [0.25, 0.3) is 11.4 Å². The molecule has 32 heavy (non-hydrogen) atoms. The van der Waals surface area contributed by atoms with Gasteiger partial charge in [0.2, 0.25) is 17.6 Å². The molecular formula is C21H30ClN7O3. The lowest BCUT2D eigenvalue weighted by Crippen LogP contribution is -2.52. The monoisotopic (exact) mass is 463 g/mol. The molecule has 11 heteroatoms. The zero-order valence-electron chi connectivity index (χ0n) is 18.5. The topological polar surface area (TPSA) is 105 Å². The van der Waals surface area contributed by atoms with E-state index in [1.54, 1.807) is 19.2 Å². The molecule has 1 aliphatic rings. The number of amides is 2. The second-order valence-corrected chi connectivity index (χ2v) is 8.10. The van der Waals surface area contributed by atoms with Crippen molar-refractivity contribution in [3.05, 3.63) is 29.3 Å². The summed E-state index contributed by atoms with van der Waals surface area (Å²) in [5, 5.41) is 16.2. The molecule has 174 valence electrons. The van der Waals surface area contributed by atoms with Gasteiger partial charge < -0.3 is 15.0 Å². The number of tetrazole rings is 1. The summed E-state index contributed by atoms with van der Waals surface area (Å²) in [6, 6.07) is 6.65. The van der Waals surface area contributed by atoms with Gasteiger partial charge >= 0.3 is 0 Å². The Morgan fingerprint density at radius 2 is 1.91 bits per heavy atom. The molecule has 0 saturated carbocycles. The van der Waals surface area contributed by atoms with E-state index in [-0.39, 0.29) is 11.8 Å². The molecule has 2 heterocycles. The standard InChI is InChI=1S/C21H30ClN7O3/c1-3-18(29-25-20(24-26-29)16-5-7-17(22)8-6-16)21(31)28-12-10-27(11-13-28)15-19(30)23-9-4-14-32-2/h5-8,18H,3-4,9-15H2,1-2H3,(H,23,30). The number of rotatable bonds is 10. The van der Waals surface area contributed by atoms with Gasteiger partial charge in [0, 0.05) is 57.0 Å². The molecule has 1 N–H and O–H groups in total. The molecule has 0 bridgehead atoms. The number of methoxy groups -OCH3 is 1. The highest BCUT2D eigenvalue weighted by Crippen LogP contribution is 2.20. The Morgan fingerprint density at radius 3 is 2.56 bits per heavy atom. The summed E-state index contributed by atoms with van der Waals surface area (Å²) in [4.78, 5) is 30.4. The van der Waals surface area contributed by atoms with Gasteiger partial charge in [0.05, 0.1) is 6.54 Å². The number of hydrogen-bond donors (Lipinski definition) is 1. The molecule has 2 amide bonds. The van der Waals surface area contributed by atoms with Crippen LogP contribution in [0.2, 0.25) is 5.02 Å². The Bertz CT molecular complexity index is 882. The first-order valence-corrected chi connectivity index (χ1v) is 11.2. The van der Waals surface area contributed by atoms with Crippen LogP contribution in [0, 0.1) is 0 Å². The van der Waals surface area contributed by atoms with Crippen LogP contribution in [-0.4, -0.2) is 94.8 Å². The Hall–Kier alpha value is -2.56. The average Bonchev–Trinajstić information content (AvgIpc) is 3.28. The van der Waals surface area contributed by atoms with Crippen molar-refractivity contribution < 1.29 is 14.3 Å². The highest BCUT2D eigenvalue weighted by atomic mass is 35.5. The van der Waals surface area contributed by atoms with Gasteiger partial charge in [-0.25, -0.2) is 0 Å².